The first-order valence-corrected chi connectivity index (χ1v) is 26.0. The fraction of sp³-hybridized carbons (Fsp3) is 0.0571. The monoisotopic (exact) mass is 960 g/mol. The molecule has 1 aliphatic heterocycles. The van der Waals surface area contributed by atoms with E-state index in [0.717, 1.165) is 80.0 Å². The predicted molar refractivity (Wildman–Crippen MR) is 310 cm³/mol. The standard InChI is InChI=1S/C70H48N4O/c1-5-16-44(17-6-1)54-35-30-46-28-29-49(51-33-37-62-60(42-51)66-55-25-14-13-18-45(55)32-38-63(66)74(62)53-23-11-4-12-24-53)40-58(46)59-41-50(31-36-56(54)59)52-34-39-64-61(43-52)67-57(26-15-27-65(67)75-64)70-72-68(47-19-7-2-8-20-47)71-69(73-70)48-21-9-3-10-22-48/h1-29,31-34,36-43,54,70H,30,35H2,(H,71,72,73). The normalized spacial score (nSPS) is 14.6. The Bertz CT molecular complexity index is 4380. The smallest absolute Gasteiger partial charge is 0.170 e. The quantitative estimate of drug-likeness (QED) is 0.173. The van der Waals surface area contributed by atoms with E-state index in [4.69, 9.17) is 14.4 Å². The Morgan fingerprint density at radius 1 is 0.413 bits per heavy atom. The molecule has 2 aliphatic rings. The first-order valence-electron chi connectivity index (χ1n) is 26.0. The summed E-state index contributed by atoms with van der Waals surface area (Å²) in [5, 5.41) is 10.7. The Balaban J connectivity index is 0.882. The maximum absolute atomic E-state index is 6.65. The highest BCUT2D eigenvalue weighted by Crippen LogP contribution is 2.46. The van der Waals surface area contributed by atoms with Gasteiger partial charge >= 0.3 is 0 Å². The average Bonchev–Trinajstić information content (AvgIpc) is 4.02. The van der Waals surface area contributed by atoms with Crippen LogP contribution in [-0.2, 0) is 6.42 Å². The van der Waals surface area contributed by atoms with E-state index >= 15 is 0 Å². The number of aliphatic imine (C=N–C) groups is 2. The summed E-state index contributed by atoms with van der Waals surface area (Å²) in [6.45, 7) is 0. The van der Waals surface area contributed by atoms with Gasteiger partial charge in [-0.2, -0.15) is 0 Å². The van der Waals surface area contributed by atoms with Crippen LogP contribution in [0.15, 0.2) is 263 Å². The molecule has 2 aromatic heterocycles. The zero-order valence-corrected chi connectivity index (χ0v) is 41.0. The van der Waals surface area contributed by atoms with Crippen LogP contribution in [-0.4, -0.2) is 16.2 Å². The molecule has 5 heteroatoms. The molecule has 13 aromatic rings. The van der Waals surface area contributed by atoms with Crippen molar-refractivity contribution in [2.75, 3.05) is 0 Å². The molecule has 11 aromatic carbocycles. The highest BCUT2D eigenvalue weighted by atomic mass is 16.3. The zero-order chi connectivity index (χ0) is 49.4. The minimum atomic E-state index is -0.500. The zero-order valence-electron chi connectivity index (χ0n) is 41.0. The van der Waals surface area contributed by atoms with Gasteiger partial charge in [0.15, 0.2) is 6.17 Å². The van der Waals surface area contributed by atoms with Crippen molar-refractivity contribution in [2.24, 2.45) is 9.98 Å². The number of hydrogen-bond acceptors (Lipinski definition) is 4. The van der Waals surface area contributed by atoms with Crippen molar-refractivity contribution in [3.8, 4) is 39.1 Å². The van der Waals surface area contributed by atoms with E-state index in [-0.39, 0.29) is 5.92 Å². The number of aryl methyl sites for hydroxylation is 1. The van der Waals surface area contributed by atoms with E-state index in [1.165, 1.54) is 71.5 Å². The molecule has 15 rings (SSSR count). The molecule has 3 heterocycles. The molecule has 1 atom stereocenters. The second-order valence-electron chi connectivity index (χ2n) is 20.0. The molecule has 5 nitrogen and oxygen atoms in total. The van der Waals surface area contributed by atoms with E-state index in [0.29, 0.717) is 0 Å². The number of para-hydroxylation sites is 1. The number of amidine groups is 2. The minimum Gasteiger partial charge on any atom is -0.456 e. The average molecular weight is 961 g/mol. The Morgan fingerprint density at radius 3 is 1.79 bits per heavy atom. The fourth-order valence-corrected chi connectivity index (χ4v) is 12.1. The third-order valence-electron chi connectivity index (χ3n) is 15.7. The second-order valence-corrected chi connectivity index (χ2v) is 20.0. The topological polar surface area (TPSA) is 54.8 Å². The maximum Gasteiger partial charge on any atom is 0.170 e. The molecular formula is C70H48N4O. The SMILES string of the molecule is c1ccc(C2=NC(c3cccc4oc5ccc(-c6ccc7c(c6)-c6cc(-c8ccc9c(c8)c8c%10ccccc%10ccc8n9-c8ccccc8)ccc6CCC7c6ccccc6)cc5c34)N=C(c3ccccc3)N2)cc1. The van der Waals surface area contributed by atoms with Gasteiger partial charge in [-0.05, 0) is 134 Å². The highest BCUT2D eigenvalue weighted by Gasteiger charge is 2.27. The van der Waals surface area contributed by atoms with Crippen molar-refractivity contribution in [3.05, 3.63) is 282 Å². The molecule has 354 valence electrons. The van der Waals surface area contributed by atoms with E-state index in [2.05, 4.69) is 222 Å². The number of furan rings is 1. The molecule has 0 radical (unpaired) electrons. The van der Waals surface area contributed by atoms with Crippen LogP contribution >= 0.6 is 0 Å². The number of nitrogens with zero attached hydrogens (tertiary/aromatic N) is 3. The van der Waals surface area contributed by atoms with Crippen molar-refractivity contribution in [1.29, 1.82) is 0 Å². The third kappa shape index (κ3) is 7.30. The van der Waals surface area contributed by atoms with Gasteiger partial charge in [-0.15, -0.1) is 0 Å². The van der Waals surface area contributed by atoms with Gasteiger partial charge in [-0.3, -0.25) is 0 Å². The summed E-state index contributed by atoms with van der Waals surface area (Å²) in [5.74, 6) is 1.81. The number of nitrogens with one attached hydrogen (secondary N) is 1. The molecule has 1 unspecified atom stereocenters. The molecular weight excluding hydrogens is 913 g/mol. The summed E-state index contributed by atoms with van der Waals surface area (Å²) < 4.78 is 9.07. The molecule has 1 N–H and O–H groups in total. The van der Waals surface area contributed by atoms with Gasteiger partial charge in [-0.1, -0.05) is 188 Å². The first kappa shape index (κ1) is 43.0. The first-order chi connectivity index (χ1) is 37.2. The Kier molecular flexibility index (Phi) is 10.1. The van der Waals surface area contributed by atoms with Crippen LogP contribution < -0.4 is 5.32 Å². The lowest BCUT2D eigenvalue weighted by atomic mass is 9.84. The van der Waals surface area contributed by atoms with Gasteiger partial charge in [0.05, 0.1) is 11.0 Å². The van der Waals surface area contributed by atoms with Crippen molar-refractivity contribution in [1.82, 2.24) is 9.88 Å². The number of aromatic nitrogens is 1. The Morgan fingerprint density at radius 2 is 1.03 bits per heavy atom. The molecule has 0 bridgehead atoms. The summed E-state index contributed by atoms with van der Waals surface area (Å²) >= 11 is 0. The van der Waals surface area contributed by atoms with E-state index in [9.17, 15) is 0 Å². The maximum atomic E-state index is 6.65. The molecule has 0 saturated carbocycles. The van der Waals surface area contributed by atoms with Crippen LogP contribution in [0.1, 0.15) is 51.9 Å². The van der Waals surface area contributed by atoms with Gasteiger partial charge in [0, 0.05) is 49.8 Å². The molecule has 1 aliphatic carbocycles. The van der Waals surface area contributed by atoms with Crippen LogP contribution in [0.2, 0.25) is 0 Å². The summed E-state index contributed by atoms with van der Waals surface area (Å²) in [6.07, 6.45) is 1.50. The van der Waals surface area contributed by atoms with Crippen molar-refractivity contribution in [3.63, 3.8) is 0 Å². The Labute approximate surface area is 434 Å². The fourth-order valence-electron chi connectivity index (χ4n) is 12.1. The second kappa shape index (κ2) is 17.6. The van der Waals surface area contributed by atoms with E-state index < -0.39 is 6.17 Å². The van der Waals surface area contributed by atoms with Crippen LogP contribution in [0.3, 0.4) is 0 Å². The predicted octanol–water partition coefficient (Wildman–Crippen LogP) is 17.4. The molecule has 75 heavy (non-hydrogen) atoms. The van der Waals surface area contributed by atoms with Crippen LogP contribution in [0.4, 0.5) is 0 Å². The summed E-state index contributed by atoms with van der Waals surface area (Å²) in [7, 11) is 0. The summed E-state index contributed by atoms with van der Waals surface area (Å²) in [6, 6.07) is 90.1. The van der Waals surface area contributed by atoms with Gasteiger partial charge in [0.2, 0.25) is 0 Å². The number of hydrogen-bond donors (Lipinski definition) is 1. The molecule has 0 saturated heterocycles. The van der Waals surface area contributed by atoms with E-state index in [1.54, 1.807) is 0 Å². The van der Waals surface area contributed by atoms with Gasteiger partial charge in [-0.25, -0.2) is 9.98 Å². The van der Waals surface area contributed by atoms with Crippen LogP contribution in [0.25, 0.3) is 93.6 Å². The lowest BCUT2D eigenvalue weighted by Gasteiger charge is -2.22. The number of rotatable bonds is 7. The third-order valence-corrected chi connectivity index (χ3v) is 15.7. The number of benzene rings is 11. The minimum absolute atomic E-state index is 0.246. The lowest BCUT2D eigenvalue weighted by Crippen LogP contribution is -2.36. The molecule has 0 fully saturated rings. The van der Waals surface area contributed by atoms with Gasteiger partial charge in [0.1, 0.15) is 22.8 Å². The van der Waals surface area contributed by atoms with Crippen molar-refractivity contribution in [2.45, 2.75) is 24.9 Å². The number of fused-ring (bicyclic) bond motifs is 11. The molecule has 0 spiro atoms. The largest absolute Gasteiger partial charge is 0.456 e. The van der Waals surface area contributed by atoms with Crippen molar-refractivity contribution >= 4 is 66.2 Å². The highest BCUT2D eigenvalue weighted by molar-refractivity contribution is 6.22. The summed E-state index contributed by atoms with van der Waals surface area (Å²) in [5.41, 5.74) is 19.6. The lowest BCUT2D eigenvalue weighted by molar-refractivity contribution is 0.667. The van der Waals surface area contributed by atoms with Crippen LogP contribution in [0.5, 0.6) is 0 Å². The Hall–Kier alpha value is -9.58. The molecule has 0 amide bonds. The van der Waals surface area contributed by atoms with E-state index in [1.807, 2.05) is 36.4 Å². The van der Waals surface area contributed by atoms with Gasteiger partial charge in [0.25, 0.3) is 0 Å². The van der Waals surface area contributed by atoms with Gasteiger partial charge < -0.3 is 14.3 Å². The van der Waals surface area contributed by atoms with Crippen molar-refractivity contribution < 1.29 is 4.42 Å². The summed E-state index contributed by atoms with van der Waals surface area (Å²) in [4.78, 5) is 10.6. The van der Waals surface area contributed by atoms with Crippen LogP contribution in [0, 0.1) is 0 Å².